The molecule has 0 radical (unpaired) electrons. The predicted octanol–water partition coefficient (Wildman–Crippen LogP) is 3.31. The highest BCUT2D eigenvalue weighted by Gasteiger charge is 2.18. The van der Waals surface area contributed by atoms with Gasteiger partial charge in [-0.15, -0.1) is 0 Å². The van der Waals surface area contributed by atoms with E-state index in [0.29, 0.717) is 12.3 Å². The van der Waals surface area contributed by atoms with Gasteiger partial charge in [0.15, 0.2) is 12.3 Å². The van der Waals surface area contributed by atoms with E-state index >= 15 is 0 Å². The van der Waals surface area contributed by atoms with E-state index in [1.165, 1.54) is 42.5 Å². The number of hydrogen-bond donors (Lipinski definition) is 2. The van der Waals surface area contributed by atoms with Crippen molar-refractivity contribution in [3.05, 3.63) is 64.9 Å². The van der Waals surface area contributed by atoms with Crippen LogP contribution in [0, 0.1) is 5.82 Å². The zero-order valence-electron chi connectivity index (χ0n) is 15.3. The van der Waals surface area contributed by atoms with Crippen LogP contribution in [0.15, 0.2) is 34.9 Å². The number of carbonyl (C=O) groups excluding carboxylic acids is 1. The number of rotatable bonds is 6. The number of carbonyl (C=O) groups is 1. The fraction of sp³-hybridized carbons (Fsp3) is 0.350. The number of amides is 1. The molecule has 1 aromatic carbocycles. The summed E-state index contributed by atoms with van der Waals surface area (Å²) in [4.78, 5) is 16.5. The first-order valence-corrected chi connectivity index (χ1v) is 9.35. The maximum atomic E-state index is 13.2. The molecule has 3 aromatic rings. The Morgan fingerprint density at radius 3 is 3.07 bits per heavy atom. The number of H-pyrrole nitrogens is 1. The third-order valence-electron chi connectivity index (χ3n) is 4.75. The van der Waals surface area contributed by atoms with Gasteiger partial charge in [-0.2, -0.15) is 5.10 Å². The first-order chi connectivity index (χ1) is 13.7. The summed E-state index contributed by atoms with van der Waals surface area (Å²) in [6, 6.07) is 5.78. The van der Waals surface area contributed by atoms with Gasteiger partial charge in [-0.3, -0.25) is 9.89 Å². The number of aromatic nitrogens is 3. The summed E-state index contributed by atoms with van der Waals surface area (Å²) < 4.78 is 23.8. The molecular formula is C20H21FN4O3. The van der Waals surface area contributed by atoms with E-state index in [-0.39, 0.29) is 29.9 Å². The van der Waals surface area contributed by atoms with Crippen molar-refractivity contribution in [3.63, 3.8) is 0 Å². The van der Waals surface area contributed by atoms with Crippen molar-refractivity contribution in [1.29, 1.82) is 0 Å². The standard InChI is InChI=1S/C20H21FN4O3/c21-13-5-4-6-14(9-13)27-12-19-23-18(11-28-19)20(26)22-10-17-15-7-2-1-3-8-16(15)24-25-17/h4-6,9,11H,1-3,7-8,10,12H2,(H,22,26)(H,24,25). The second kappa shape index (κ2) is 8.24. The van der Waals surface area contributed by atoms with Crippen LogP contribution >= 0.6 is 0 Å². The van der Waals surface area contributed by atoms with Crippen LogP contribution in [0.2, 0.25) is 0 Å². The second-order valence-electron chi connectivity index (χ2n) is 6.74. The molecule has 2 aromatic heterocycles. The Kier molecular flexibility index (Phi) is 5.36. The summed E-state index contributed by atoms with van der Waals surface area (Å²) in [7, 11) is 0. The number of hydrogen-bond acceptors (Lipinski definition) is 5. The average Bonchev–Trinajstić information content (AvgIpc) is 3.25. The maximum absolute atomic E-state index is 13.2. The minimum absolute atomic E-state index is 0.00358. The third-order valence-corrected chi connectivity index (χ3v) is 4.75. The SMILES string of the molecule is O=C(NCc1n[nH]c2c1CCCCC2)c1coc(COc2cccc(F)c2)n1. The van der Waals surface area contributed by atoms with E-state index in [4.69, 9.17) is 9.15 Å². The lowest BCUT2D eigenvalue weighted by Crippen LogP contribution is -2.24. The van der Waals surface area contributed by atoms with Gasteiger partial charge >= 0.3 is 0 Å². The minimum atomic E-state index is -0.388. The molecule has 0 bridgehead atoms. The molecular weight excluding hydrogens is 363 g/mol. The molecule has 146 valence electrons. The lowest BCUT2D eigenvalue weighted by atomic mass is 10.1. The zero-order chi connectivity index (χ0) is 19.3. The van der Waals surface area contributed by atoms with Gasteiger partial charge in [0.05, 0.1) is 12.2 Å². The molecule has 1 amide bonds. The van der Waals surface area contributed by atoms with Crippen LogP contribution in [0.4, 0.5) is 4.39 Å². The molecule has 0 saturated carbocycles. The molecule has 4 rings (SSSR count). The number of ether oxygens (including phenoxy) is 1. The molecule has 7 nitrogen and oxygen atoms in total. The second-order valence-corrected chi connectivity index (χ2v) is 6.74. The van der Waals surface area contributed by atoms with E-state index in [2.05, 4.69) is 20.5 Å². The summed E-state index contributed by atoms with van der Waals surface area (Å²) in [5, 5.41) is 10.3. The van der Waals surface area contributed by atoms with Crippen molar-refractivity contribution in [2.45, 2.75) is 45.3 Å². The molecule has 0 saturated heterocycles. The Labute approximate surface area is 161 Å². The highest BCUT2D eigenvalue weighted by molar-refractivity contribution is 5.91. The highest BCUT2D eigenvalue weighted by Crippen LogP contribution is 2.21. The van der Waals surface area contributed by atoms with Crippen LogP contribution in [0.25, 0.3) is 0 Å². The third kappa shape index (κ3) is 4.21. The van der Waals surface area contributed by atoms with Crippen molar-refractivity contribution in [1.82, 2.24) is 20.5 Å². The van der Waals surface area contributed by atoms with Crippen molar-refractivity contribution < 1.29 is 18.3 Å². The Morgan fingerprint density at radius 2 is 2.18 bits per heavy atom. The van der Waals surface area contributed by atoms with Crippen molar-refractivity contribution in [2.75, 3.05) is 0 Å². The summed E-state index contributed by atoms with van der Waals surface area (Å²) in [5.74, 6) is -0.126. The van der Waals surface area contributed by atoms with Crippen molar-refractivity contribution >= 4 is 5.91 Å². The molecule has 8 heteroatoms. The molecule has 0 aliphatic heterocycles. The number of nitrogens with zero attached hydrogens (tertiary/aromatic N) is 2. The van der Waals surface area contributed by atoms with Crippen LogP contribution in [-0.2, 0) is 26.0 Å². The molecule has 0 fully saturated rings. The monoisotopic (exact) mass is 384 g/mol. The van der Waals surface area contributed by atoms with Crippen LogP contribution in [-0.4, -0.2) is 21.1 Å². The van der Waals surface area contributed by atoms with E-state index in [1.807, 2.05) is 0 Å². The number of nitrogens with one attached hydrogen (secondary N) is 2. The average molecular weight is 384 g/mol. The topological polar surface area (TPSA) is 93.0 Å². The van der Waals surface area contributed by atoms with Gasteiger partial charge in [0.2, 0.25) is 5.89 Å². The molecule has 0 spiro atoms. The summed E-state index contributed by atoms with van der Waals surface area (Å²) in [5.41, 5.74) is 3.45. The summed E-state index contributed by atoms with van der Waals surface area (Å²) in [6.45, 7) is 0.344. The van der Waals surface area contributed by atoms with Crippen molar-refractivity contribution in [3.8, 4) is 5.75 Å². The van der Waals surface area contributed by atoms with Gasteiger partial charge in [0.1, 0.15) is 17.8 Å². The fourth-order valence-corrected chi connectivity index (χ4v) is 3.31. The van der Waals surface area contributed by atoms with Crippen LogP contribution in [0.3, 0.4) is 0 Å². The van der Waals surface area contributed by atoms with E-state index in [1.54, 1.807) is 12.1 Å². The smallest absolute Gasteiger partial charge is 0.273 e. The highest BCUT2D eigenvalue weighted by atomic mass is 19.1. The van der Waals surface area contributed by atoms with Crippen LogP contribution < -0.4 is 10.1 Å². The lowest BCUT2D eigenvalue weighted by Gasteiger charge is -2.04. The molecule has 0 unspecified atom stereocenters. The Bertz CT molecular complexity index is 966. The Morgan fingerprint density at radius 1 is 1.29 bits per heavy atom. The molecule has 2 N–H and O–H groups in total. The van der Waals surface area contributed by atoms with Gasteiger partial charge < -0.3 is 14.5 Å². The van der Waals surface area contributed by atoms with E-state index < -0.39 is 0 Å². The minimum Gasteiger partial charge on any atom is -0.484 e. The van der Waals surface area contributed by atoms with Gasteiger partial charge in [-0.1, -0.05) is 12.5 Å². The zero-order valence-corrected chi connectivity index (χ0v) is 15.3. The molecule has 1 aliphatic rings. The van der Waals surface area contributed by atoms with E-state index in [9.17, 15) is 9.18 Å². The number of aryl methyl sites for hydroxylation is 1. The number of fused-ring (bicyclic) bond motifs is 1. The Hall–Kier alpha value is -3.16. The molecule has 28 heavy (non-hydrogen) atoms. The van der Waals surface area contributed by atoms with Gasteiger partial charge in [-0.05, 0) is 43.4 Å². The molecule has 1 aliphatic carbocycles. The van der Waals surface area contributed by atoms with Gasteiger partial charge in [-0.25, -0.2) is 9.37 Å². The number of benzene rings is 1. The number of aromatic amines is 1. The normalized spacial score (nSPS) is 13.6. The first kappa shape index (κ1) is 18.2. The van der Waals surface area contributed by atoms with Crippen LogP contribution in [0.1, 0.15) is 52.6 Å². The van der Waals surface area contributed by atoms with Gasteiger partial charge in [0, 0.05) is 11.8 Å². The molecule has 2 heterocycles. The quantitative estimate of drug-likeness (QED) is 0.636. The first-order valence-electron chi connectivity index (χ1n) is 9.35. The number of oxazole rings is 1. The lowest BCUT2D eigenvalue weighted by molar-refractivity contribution is 0.0945. The Balaban J connectivity index is 1.33. The fourth-order valence-electron chi connectivity index (χ4n) is 3.31. The van der Waals surface area contributed by atoms with Crippen LogP contribution in [0.5, 0.6) is 5.75 Å². The van der Waals surface area contributed by atoms with E-state index in [0.717, 1.165) is 25.0 Å². The number of halogens is 1. The summed E-state index contributed by atoms with van der Waals surface area (Å²) >= 11 is 0. The maximum Gasteiger partial charge on any atom is 0.273 e. The predicted molar refractivity (Wildman–Crippen MR) is 98.3 cm³/mol. The molecule has 0 atom stereocenters. The van der Waals surface area contributed by atoms with Crippen molar-refractivity contribution in [2.24, 2.45) is 0 Å². The largest absolute Gasteiger partial charge is 0.484 e. The van der Waals surface area contributed by atoms with Gasteiger partial charge in [0.25, 0.3) is 5.91 Å². The summed E-state index contributed by atoms with van der Waals surface area (Å²) in [6.07, 6.45) is 6.81.